The van der Waals surface area contributed by atoms with Crippen molar-refractivity contribution in [2.24, 2.45) is 0 Å². The molecule has 0 radical (unpaired) electrons. The normalized spacial score (nSPS) is 10.4. The molecule has 0 fully saturated rings. The molecule has 0 aromatic heterocycles. The van der Waals surface area contributed by atoms with Gasteiger partial charge in [-0.1, -0.05) is 48.0 Å². The van der Waals surface area contributed by atoms with E-state index in [0.717, 1.165) is 11.1 Å². The summed E-state index contributed by atoms with van der Waals surface area (Å²) in [5, 5.41) is 2.99. The van der Waals surface area contributed by atoms with E-state index in [1.54, 1.807) is 54.6 Å². The van der Waals surface area contributed by atoms with Crippen molar-refractivity contribution in [1.82, 2.24) is 0 Å². The number of hydrogen-bond acceptors (Lipinski definition) is 4. The summed E-state index contributed by atoms with van der Waals surface area (Å²) in [4.78, 5) is 37.3. The number of benzene rings is 3. The molecule has 6 heteroatoms. The second-order valence-corrected chi connectivity index (χ2v) is 7.24. The van der Waals surface area contributed by atoms with Crippen molar-refractivity contribution in [2.75, 3.05) is 11.9 Å². The lowest BCUT2D eigenvalue weighted by molar-refractivity contribution is -0.119. The maximum Gasteiger partial charge on any atom is 0.338 e. The smallest absolute Gasteiger partial charge is 0.338 e. The van der Waals surface area contributed by atoms with Gasteiger partial charge in [-0.3, -0.25) is 9.59 Å². The van der Waals surface area contributed by atoms with Gasteiger partial charge in [0.1, 0.15) is 0 Å². The lowest BCUT2D eigenvalue weighted by atomic mass is 10.0. The van der Waals surface area contributed by atoms with Crippen LogP contribution in [0.3, 0.4) is 0 Å². The van der Waals surface area contributed by atoms with Gasteiger partial charge in [-0.05, 0) is 55.3 Å². The molecule has 3 aromatic rings. The summed E-state index contributed by atoms with van der Waals surface area (Å²) in [6.07, 6.45) is 0. The maximum atomic E-state index is 12.8. The van der Waals surface area contributed by atoms with E-state index in [-0.39, 0.29) is 11.3 Å². The van der Waals surface area contributed by atoms with Crippen LogP contribution in [0.2, 0.25) is 5.02 Å². The van der Waals surface area contributed by atoms with Gasteiger partial charge in [0, 0.05) is 16.1 Å². The van der Waals surface area contributed by atoms with E-state index in [1.165, 1.54) is 6.07 Å². The van der Waals surface area contributed by atoms with Crippen LogP contribution in [0.25, 0.3) is 0 Å². The second-order valence-electron chi connectivity index (χ2n) is 6.81. The fourth-order valence-corrected chi connectivity index (χ4v) is 3.00. The first-order valence-electron chi connectivity index (χ1n) is 9.28. The fourth-order valence-electron chi connectivity index (χ4n) is 2.83. The predicted molar refractivity (Wildman–Crippen MR) is 116 cm³/mol. The third-order valence-electron chi connectivity index (χ3n) is 4.61. The van der Waals surface area contributed by atoms with Gasteiger partial charge in [0.25, 0.3) is 5.91 Å². The average molecular weight is 422 g/mol. The molecule has 0 atom stereocenters. The number of esters is 1. The van der Waals surface area contributed by atoms with Gasteiger partial charge in [-0.25, -0.2) is 4.79 Å². The monoisotopic (exact) mass is 421 g/mol. The molecule has 0 unspecified atom stereocenters. The summed E-state index contributed by atoms with van der Waals surface area (Å²) in [5.41, 5.74) is 3.40. The lowest BCUT2D eigenvalue weighted by Crippen LogP contribution is -2.22. The summed E-state index contributed by atoms with van der Waals surface area (Å²) in [6, 6.07) is 18.5. The Labute approximate surface area is 179 Å². The van der Waals surface area contributed by atoms with E-state index in [0.29, 0.717) is 21.8 Å². The number of amides is 1. The van der Waals surface area contributed by atoms with E-state index in [9.17, 15) is 14.4 Å². The number of ether oxygens (including phenoxy) is 1. The first-order valence-corrected chi connectivity index (χ1v) is 9.66. The van der Waals surface area contributed by atoms with Crippen LogP contribution in [-0.4, -0.2) is 24.3 Å². The van der Waals surface area contributed by atoms with Gasteiger partial charge in [0.15, 0.2) is 12.4 Å². The minimum atomic E-state index is -0.593. The van der Waals surface area contributed by atoms with Crippen LogP contribution in [0.1, 0.15) is 37.4 Å². The molecule has 0 bridgehead atoms. The SMILES string of the molecule is Cc1ccc(C(=O)OCC(=O)Nc2ccc(Cl)cc2C(=O)c2ccccc2)cc1C. The van der Waals surface area contributed by atoms with Crippen LogP contribution in [0.5, 0.6) is 0 Å². The molecular formula is C24H20ClNO4. The van der Waals surface area contributed by atoms with Crippen molar-refractivity contribution in [3.05, 3.63) is 99.6 Å². The lowest BCUT2D eigenvalue weighted by Gasteiger charge is -2.12. The standard InChI is InChI=1S/C24H20ClNO4/c1-15-8-9-18(12-16(15)2)24(29)30-14-22(27)26-21-11-10-19(25)13-20(21)23(28)17-6-4-3-5-7-17/h3-13H,14H2,1-2H3,(H,26,27). The molecule has 0 heterocycles. The molecule has 0 spiro atoms. The Bertz CT molecular complexity index is 1110. The zero-order valence-electron chi connectivity index (χ0n) is 16.6. The number of carbonyl (C=O) groups is 3. The molecule has 30 heavy (non-hydrogen) atoms. The van der Waals surface area contributed by atoms with Gasteiger partial charge in [-0.15, -0.1) is 0 Å². The quantitative estimate of drug-likeness (QED) is 0.450. The number of nitrogens with one attached hydrogen (secondary N) is 1. The predicted octanol–water partition coefficient (Wildman–Crippen LogP) is 4.98. The molecule has 0 aliphatic rings. The molecule has 0 aliphatic carbocycles. The third-order valence-corrected chi connectivity index (χ3v) is 4.85. The van der Waals surface area contributed by atoms with Crippen LogP contribution >= 0.6 is 11.6 Å². The Morgan fingerprint density at radius 3 is 2.30 bits per heavy atom. The summed E-state index contributed by atoms with van der Waals surface area (Å²) < 4.78 is 5.10. The van der Waals surface area contributed by atoms with Crippen molar-refractivity contribution in [3.8, 4) is 0 Å². The van der Waals surface area contributed by atoms with Crippen molar-refractivity contribution in [2.45, 2.75) is 13.8 Å². The van der Waals surface area contributed by atoms with Crippen LogP contribution in [-0.2, 0) is 9.53 Å². The van der Waals surface area contributed by atoms with Crippen LogP contribution in [0.4, 0.5) is 5.69 Å². The number of halogens is 1. The Morgan fingerprint density at radius 2 is 1.60 bits per heavy atom. The largest absolute Gasteiger partial charge is 0.452 e. The Hall–Kier alpha value is -3.44. The van der Waals surface area contributed by atoms with Gasteiger partial charge < -0.3 is 10.1 Å². The number of ketones is 1. The van der Waals surface area contributed by atoms with Crippen molar-refractivity contribution < 1.29 is 19.1 Å². The summed E-state index contributed by atoms with van der Waals surface area (Å²) in [6.45, 7) is 3.36. The van der Waals surface area contributed by atoms with E-state index in [1.807, 2.05) is 19.9 Å². The summed E-state index contributed by atoms with van der Waals surface area (Å²) in [7, 11) is 0. The van der Waals surface area contributed by atoms with Crippen LogP contribution < -0.4 is 5.32 Å². The number of rotatable bonds is 6. The molecule has 3 rings (SSSR count). The van der Waals surface area contributed by atoms with Crippen molar-refractivity contribution in [3.63, 3.8) is 0 Å². The maximum absolute atomic E-state index is 12.8. The molecule has 0 saturated carbocycles. The highest BCUT2D eigenvalue weighted by molar-refractivity contribution is 6.31. The molecule has 0 saturated heterocycles. The van der Waals surface area contributed by atoms with Gasteiger partial charge >= 0.3 is 5.97 Å². The number of hydrogen-bond donors (Lipinski definition) is 1. The topological polar surface area (TPSA) is 72.5 Å². The highest BCUT2D eigenvalue weighted by Gasteiger charge is 2.17. The molecule has 3 aromatic carbocycles. The highest BCUT2D eigenvalue weighted by atomic mass is 35.5. The molecule has 5 nitrogen and oxygen atoms in total. The van der Waals surface area contributed by atoms with Crippen LogP contribution in [0, 0.1) is 13.8 Å². The van der Waals surface area contributed by atoms with Gasteiger partial charge in [-0.2, -0.15) is 0 Å². The number of carbonyl (C=O) groups excluding carboxylic acids is 3. The molecule has 0 aliphatic heterocycles. The molecule has 1 N–H and O–H groups in total. The Balaban J connectivity index is 1.70. The number of anilines is 1. The van der Waals surface area contributed by atoms with Crippen molar-refractivity contribution >= 4 is 34.9 Å². The van der Waals surface area contributed by atoms with Gasteiger partial charge in [0.2, 0.25) is 0 Å². The van der Waals surface area contributed by atoms with E-state index < -0.39 is 18.5 Å². The zero-order chi connectivity index (χ0) is 21.7. The third kappa shape index (κ3) is 5.13. The first-order chi connectivity index (χ1) is 14.3. The Morgan fingerprint density at radius 1 is 0.867 bits per heavy atom. The second kappa shape index (κ2) is 9.37. The number of aryl methyl sites for hydroxylation is 2. The summed E-state index contributed by atoms with van der Waals surface area (Å²) in [5.74, 6) is -1.43. The van der Waals surface area contributed by atoms with E-state index in [2.05, 4.69) is 5.32 Å². The van der Waals surface area contributed by atoms with E-state index >= 15 is 0 Å². The fraction of sp³-hybridized carbons (Fsp3) is 0.125. The minimum absolute atomic E-state index is 0.252. The van der Waals surface area contributed by atoms with E-state index in [4.69, 9.17) is 16.3 Å². The highest BCUT2D eigenvalue weighted by Crippen LogP contribution is 2.24. The molecule has 152 valence electrons. The van der Waals surface area contributed by atoms with Crippen LogP contribution in [0.15, 0.2) is 66.7 Å². The summed E-state index contributed by atoms with van der Waals surface area (Å²) >= 11 is 6.05. The molecule has 1 amide bonds. The van der Waals surface area contributed by atoms with Crippen molar-refractivity contribution in [1.29, 1.82) is 0 Å². The Kier molecular flexibility index (Phi) is 6.65. The average Bonchev–Trinajstić information content (AvgIpc) is 2.75. The minimum Gasteiger partial charge on any atom is -0.452 e. The molecular weight excluding hydrogens is 402 g/mol. The zero-order valence-corrected chi connectivity index (χ0v) is 17.3. The first kappa shape index (κ1) is 21.3. The van der Waals surface area contributed by atoms with Gasteiger partial charge in [0.05, 0.1) is 11.3 Å².